The predicted molar refractivity (Wildman–Crippen MR) is 93.3 cm³/mol. The summed E-state index contributed by atoms with van der Waals surface area (Å²) in [6, 6.07) is 11.3. The maximum absolute atomic E-state index is 12.3. The third-order valence-electron chi connectivity index (χ3n) is 4.13. The Kier molecular flexibility index (Phi) is 3.25. The Morgan fingerprint density at radius 2 is 2.00 bits per heavy atom. The topological polar surface area (TPSA) is 99.5 Å². The zero-order valence-electron chi connectivity index (χ0n) is 12.9. The zero-order valence-corrected chi connectivity index (χ0v) is 12.9. The number of aromatic carboxylic acids is 1. The number of carbonyl (C=O) groups excluding carboxylic acids is 1. The number of phenolic OH excluding ortho intramolecular Hbond substituents is 1. The van der Waals surface area contributed by atoms with E-state index < -0.39 is 5.97 Å². The minimum absolute atomic E-state index is 0.0576. The van der Waals surface area contributed by atoms with Gasteiger partial charge in [0.25, 0.3) is 5.91 Å². The molecular formula is C19H12N2O4. The highest BCUT2D eigenvalue weighted by molar-refractivity contribution is 6.35. The number of phenols is 1. The molecule has 0 atom stereocenters. The number of hydrogen-bond acceptors (Lipinski definition) is 4. The molecule has 25 heavy (non-hydrogen) atoms. The Hall–Kier alpha value is -3.67. The molecule has 0 radical (unpaired) electrons. The number of rotatable bonds is 2. The standard InChI is InChI=1S/C19H12N2O4/c22-16-3-1-2-12-10(6-7-20-17(12)16)8-14-13-9-11(19(24)25)4-5-15(13)21-18(14)23/h1-9,22H,(H,21,23)(H,24,25). The molecule has 0 saturated carbocycles. The molecule has 0 spiro atoms. The van der Waals surface area contributed by atoms with Crippen molar-refractivity contribution in [2.75, 3.05) is 5.32 Å². The van der Waals surface area contributed by atoms with Gasteiger partial charge in [-0.1, -0.05) is 12.1 Å². The van der Waals surface area contributed by atoms with Crippen LogP contribution in [-0.4, -0.2) is 27.1 Å². The summed E-state index contributed by atoms with van der Waals surface area (Å²) in [7, 11) is 0. The van der Waals surface area contributed by atoms with Crippen molar-refractivity contribution in [2.45, 2.75) is 0 Å². The summed E-state index contributed by atoms with van der Waals surface area (Å²) in [6.45, 7) is 0. The Labute approximate surface area is 142 Å². The number of nitrogens with zero attached hydrogens (tertiary/aromatic N) is 1. The molecule has 3 N–H and O–H groups in total. The zero-order chi connectivity index (χ0) is 17.6. The van der Waals surface area contributed by atoms with Crippen molar-refractivity contribution >= 4 is 40.1 Å². The molecule has 2 heterocycles. The second-order valence-electron chi connectivity index (χ2n) is 5.65. The number of para-hydroxylation sites is 1. The lowest BCUT2D eigenvalue weighted by Crippen LogP contribution is -2.03. The van der Waals surface area contributed by atoms with E-state index in [2.05, 4.69) is 10.3 Å². The molecule has 0 aliphatic carbocycles. The van der Waals surface area contributed by atoms with Crippen LogP contribution < -0.4 is 5.32 Å². The fourth-order valence-corrected chi connectivity index (χ4v) is 2.93. The van der Waals surface area contributed by atoms with Gasteiger partial charge < -0.3 is 15.5 Å². The summed E-state index contributed by atoms with van der Waals surface area (Å²) >= 11 is 0. The third kappa shape index (κ3) is 2.40. The number of anilines is 1. The Morgan fingerprint density at radius 1 is 1.16 bits per heavy atom. The summed E-state index contributed by atoms with van der Waals surface area (Å²) in [5, 5.41) is 22.5. The molecule has 0 fully saturated rings. The number of amides is 1. The molecule has 0 unspecified atom stereocenters. The first-order valence-electron chi connectivity index (χ1n) is 7.52. The van der Waals surface area contributed by atoms with Gasteiger partial charge in [0.1, 0.15) is 11.3 Å². The molecule has 6 heteroatoms. The first kappa shape index (κ1) is 14.9. The van der Waals surface area contributed by atoms with Crippen LogP contribution in [0.2, 0.25) is 0 Å². The number of hydrogen-bond donors (Lipinski definition) is 3. The van der Waals surface area contributed by atoms with Gasteiger partial charge in [-0.05, 0) is 42.0 Å². The van der Waals surface area contributed by atoms with Crippen molar-refractivity contribution in [1.29, 1.82) is 0 Å². The molecule has 1 amide bonds. The highest BCUT2D eigenvalue weighted by Gasteiger charge is 2.25. The van der Waals surface area contributed by atoms with Crippen LogP contribution in [0.5, 0.6) is 5.75 Å². The predicted octanol–water partition coefficient (Wildman–Crippen LogP) is 3.13. The number of carboxylic acid groups (broad SMARTS) is 1. The number of aromatic nitrogens is 1. The molecule has 0 bridgehead atoms. The van der Waals surface area contributed by atoms with Crippen LogP contribution in [0, 0.1) is 0 Å². The average molecular weight is 332 g/mol. The van der Waals surface area contributed by atoms with E-state index in [9.17, 15) is 14.7 Å². The lowest BCUT2D eigenvalue weighted by atomic mass is 10.00. The van der Waals surface area contributed by atoms with E-state index in [0.29, 0.717) is 33.3 Å². The van der Waals surface area contributed by atoms with E-state index in [1.165, 1.54) is 12.1 Å². The van der Waals surface area contributed by atoms with Crippen molar-refractivity contribution in [3.05, 3.63) is 65.4 Å². The molecule has 2 aromatic carbocycles. The highest BCUT2D eigenvalue weighted by atomic mass is 16.4. The summed E-state index contributed by atoms with van der Waals surface area (Å²) in [5.74, 6) is -1.30. The number of carbonyl (C=O) groups is 2. The van der Waals surface area contributed by atoms with E-state index >= 15 is 0 Å². The number of benzene rings is 2. The van der Waals surface area contributed by atoms with Crippen molar-refractivity contribution in [1.82, 2.24) is 4.98 Å². The minimum Gasteiger partial charge on any atom is -0.506 e. The van der Waals surface area contributed by atoms with Gasteiger partial charge in [0, 0.05) is 28.4 Å². The lowest BCUT2D eigenvalue weighted by Gasteiger charge is -2.05. The highest BCUT2D eigenvalue weighted by Crippen LogP contribution is 2.35. The molecule has 1 aliphatic rings. The van der Waals surface area contributed by atoms with Crippen molar-refractivity contribution < 1.29 is 19.8 Å². The molecule has 1 aromatic heterocycles. The molecule has 1 aliphatic heterocycles. The summed E-state index contributed by atoms with van der Waals surface area (Å²) in [5.41, 5.74) is 2.74. The maximum atomic E-state index is 12.3. The normalized spacial score (nSPS) is 14.6. The smallest absolute Gasteiger partial charge is 0.335 e. The van der Waals surface area contributed by atoms with Crippen LogP contribution in [0.3, 0.4) is 0 Å². The Bertz CT molecular complexity index is 1090. The van der Waals surface area contributed by atoms with Crippen LogP contribution in [0.4, 0.5) is 5.69 Å². The van der Waals surface area contributed by atoms with Gasteiger partial charge in [-0.3, -0.25) is 9.78 Å². The van der Waals surface area contributed by atoms with Crippen molar-refractivity contribution in [2.24, 2.45) is 0 Å². The van der Waals surface area contributed by atoms with Gasteiger partial charge in [-0.25, -0.2) is 4.79 Å². The molecule has 4 rings (SSSR count). The van der Waals surface area contributed by atoms with E-state index in [-0.39, 0.29) is 17.2 Å². The summed E-state index contributed by atoms with van der Waals surface area (Å²) < 4.78 is 0. The van der Waals surface area contributed by atoms with Gasteiger partial charge in [-0.2, -0.15) is 0 Å². The first-order valence-corrected chi connectivity index (χ1v) is 7.52. The first-order chi connectivity index (χ1) is 12.0. The number of carboxylic acids is 1. The molecule has 0 saturated heterocycles. The number of aromatic hydroxyl groups is 1. The van der Waals surface area contributed by atoms with E-state index in [1.54, 1.807) is 42.6 Å². The van der Waals surface area contributed by atoms with Crippen LogP contribution in [0.25, 0.3) is 22.6 Å². The molecule has 3 aromatic rings. The quantitative estimate of drug-likeness (QED) is 0.626. The molecule has 122 valence electrons. The number of fused-ring (bicyclic) bond motifs is 2. The minimum atomic E-state index is -1.05. The van der Waals surface area contributed by atoms with Crippen LogP contribution in [0.15, 0.2) is 48.7 Å². The van der Waals surface area contributed by atoms with Gasteiger partial charge in [-0.15, -0.1) is 0 Å². The fourth-order valence-electron chi connectivity index (χ4n) is 2.93. The van der Waals surface area contributed by atoms with E-state index in [4.69, 9.17) is 5.11 Å². The van der Waals surface area contributed by atoms with Crippen LogP contribution in [0.1, 0.15) is 21.5 Å². The van der Waals surface area contributed by atoms with E-state index in [1.807, 2.05) is 0 Å². The van der Waals surface area contributed by atoms with Crippen LogP contribution in [-0.2, 0) is 4.79 Å². The molecular weight excluding hydrogens is 320 g/mol. The van der Waals surface area contributed by atoms with Gasteiger partial charge in [0.15, 0.2) is 0 Å². The largest absolute Gasteiger partial charge is 0.506 e. The van der Waals surface area contributed by atoms with Crippen LogP contribution >= 0.6 is 0 Å². The average Bonchev–Trinajstić information content (AvgIpc) is 2.91. The number of pyridine rings is 1. The number of nitrogens with one attached hydrogen (secondary N) is 1. The summed E-state index contributed by atoms with van der Waals surface area (Å²) in [6.07, 6.45) is 3.23. The monoisotopic (exact) mass is 332 g/mol. The van der Waals surface area contributed by atoms with Gasteiger partial charge >= 0.3 is 5.97 Å². The SMILES string of the molecule is O=C1Nc2ccc(C(=O)O)cc2C1=Cc1ccnc2c(O)cccc12. The second-order valence-corrected chi connectivity index (χ2v) is 5.65. The maximum Gasteiger partial charge on any atom is 0.335 e. The second kappa shape index (κ2) is 5.45. The van der Waals surface area contributed by atoms with Gasteiger partial charge in [0.2, 0.25) is 0 Å². The fraction of sp³-hybridized carbons (Fsp3) is 0. The van der Waals surface area contributed by atoms with Gasteiger partial charge in [0.05, 0.1) is 5.56 Å². The van der Waals surface area contributed by atoms with E-state index in [0.717, 1.165) is 0 Å². The Morgan fingerprint density at radius 3 is 2.80 bits per heavy atom. The lowest BCUT2D eigenvalue weighted by molar-refractivity contribution is -0.110. The molecule has 6 nitrogen and oxygen atoms in total. The van der Waals surface area contributed by atoms with Crippen molar-refractivity contribution in [3.8, 4) is 5.75 Å². The van der Waals surface area contributed by atoms with Crippen molar-refractivity contribution in [3.63, 3.8) is 0 Å². The Balaban J connectivity index is 1.92. The third-order valence-corrected chi connectivity index (χ3v) is 4.13. The summed E-state index contributed by atoms with van der Waals surface area (Å²) in [4.78, 5) is 27.7.